The molecule has 0 atom stereocenters. The Morgan fingerprint density at radius 3 is 2.27 bits per heavy atom. The van der Waals surface area contributed by atoms with E-state index in [1.807, 2.05) is 66.4 Å². The summed E-state index contributed by atoms with van der Waals surface area (Å²) in [6.45, 7) is 2.43. The van der Waals surface area contributed by atoms with Crippen LogP contribution in [0.25, 0.3) is 0 Å². The maximum atomic E-state index is 14.2. The Bertz CT molecular complexity index is 1220. The van der Waals surface area contributed by atoms with Crippen LogP contribution in [-0.2, 0) is 22.6 Å². The molecule has 3 aromatic rings. The highest BCUT2D eigenvalue weighted by molar-refractivity contribution is 6.01. The molecular weight excluding hydrogens is 464 g/mol. The number of carbonyl (C=O) groups is 2. The van der Waals surface area contributed by atoms with Crippen LogP contribution in [0.15, 0.2) is 72.8 Å². The minimum atomic E-state index is -0.961. The summed E-state index contributed by atoms with van der Waals surface area (Å²) >= 11 is 0. The van der Waals surface area contributed by atoms with Crippen molar-refractivity contribution in [1.29, 1.82) is 0 Å². The molecule has 4 rings (SSSR count). The van der Waals surface area contributed by atoms with E-state index in [0.717, 1.165) is 36.0 Å². The molecule has 6 heteroatoms. The van der Waals surface area contributed by atoms with E-state index in [9.17, 15) is 9.59 Å². The zero-order valence-corrected chi connectivity index (χ0v) is 22.0. The van der Waals surface area contributed by atoms with Crippen molar-refractivity contribution in [1.82, 2.24) is 4.90 Å². The van der Waals surface area contributed by atoms with Crippen molar-refractivity contribution < 1.29 is 19.1 Å². The van der Waals surface area contributed by atoms with E-state index in [4.69, 9.17) is 9.47 Å². The Balaban J connectivity index is 1.72. The first-order chi connectivity index (χ1) is 18.0. The Morgan fingerprint density at radius 1 is 0.892 bits per heavy atom. The second kappa shape index (κ2) is 12.0. The fraction of sp³-hybridized carbons (Fsp3) is 0.355. The number of methoxy groups -OCH3 is 2. The summed E-state index contributed by atoms with van der Waals surface area (Å²) in [4.78, 5) is 30.0. The van der Waals surface area contributed by atoms with Gasteiger partial charge in [-0.2, -0.15) is 0 Å². The van der Waals surface area contributed by atoms with Crippen molar-refractivity contribution >= 4 is 17.5 Å². The summed E-state index contributed by atoms with van der Waals surface area (Å²) in [5, 5.41) is 3.11. The Kier molecular flexibility index (Phi) is 8.49. The zero-order valence-electron chi connectivity index (χ0n) is 22.0. The molecular formula is C31H36N2O4. The van der Waals surface area contributed by atoms with Gasteiger partial charge in [-0.1, -0.05) is 73.9 Å². The maximum absolute atomic E-state index is 14.2. The number of hydrogen-bond donors (Lipinski definition) is 1. The Morgan fingerprint density at radius 2 is 1.59 bits per heavy atom. The summed E-state index contributed by atoms with van der Waals surface area (Å²) in [7, 11) is 3.15. The Labute approximate surface area is 219 Å². The van der Waals surface area contributed by atoms with Gasteiger partial charge < -0.3 is 19.7 Å². The largest absolute Gasteiger partial charge is 0.497 e. The Hall–Kier alpha value is -3.80. The van der Waals surface area contributed by atoms with Gasteiger partial charge in [0.25, 0.3) is 0 Å². The highest BCUT2D eigenvalue weighted by Gasteiger charge is 2.47. The number of nitrogens with one attached hydrogen (secondary N) is 1. The molecule has 0 aliphatic heterocycles. The van der Waals surface area contributed by atoms with Crippen molar-refractivity contribution in [2.45, 2.75) is 57.5 Å². The summed E-state index contributed by atoms with van der Waals surface area (Å²) in [6.07, 6.45) is 4.29. The second-order valence-corrected chi connectivity index (χ2v) is 9.68. The predicted molar refractivity (Wildman–Crippen MR) is 146 cm³/mol. The third kappa shape index (κ3) is 5.96. The summed E-state index contributed by atoms with van der Waals surface area (Å²) < 4.78 is 10.8. The van der Waals surface area contributed by atoms with Crippen molar-refractivity contribution in [3.63, 3.8) is 0 Å². The molecule has 194 valence electrons. The molecule has 0 bridgehead atoms. The quantitative estimate of drug-likeness (QED) is 0.396. The maximum Gasteiger partial charge on any atom is 0.250 e. The van der Waals surface area contributed by atoms with Crippen LogP contribution in [0.1, 0.15) is 48.8 Å². The predicted octanol–water partition coefficient (Wildman–Crippen LogP) is 5.93. The van der Waals surface area contributed by atoms with E-state index >= 15 is 0 Å². The van der Waals surface area contributed by atoms with E-state index in [0.29, 0.717) is 36.6 Å². The summed E-state index contributed by atoms with van der Waals surface area (Å²) in [5.74, 6) is 0.931. The minimum Gasteiger partial charge on any atom is -0.497 e. The van der Waals surface area contributed by atoms with Gasteiger partial charge in [0, 0.05) is 12.6 Å². The summed E-state index contributed by atoms with van der Waals surface area (Å²) in [6, 6.07) is 23.1. The van der Waals surface area contributed by atoms with Crippen LogP contribution in [0.4, 0.5) is 5.69 Å². The number of amides is 2. The van der Waals surface area contributed by atoms with Gasteiger partial charge in [0.1, 0.15) is 17.0 Å². The number of benzene rings is 3. The number of rotatable bonds is 9. The average molecular weight is 501 g/mol. The molecule has 1 fully saturated rings. The lowest BCUT2D eigenvalue weighted by molar-refractivity contribution is -0.148. The normalized spacial score (nSPS) is 14.5. The highest BCUT2D eigenvalue weighted by atomic mass is 16.5. The molecule has 0 radical (unpaired) electrons. The molecule has 0 heterocycles. The van der Waals surface area contributed by atoms with E-state index in [2.05, 4.69) is 5.32 Å². The van der Waals surface area contributed by atoms with Crippen LogP contribution in [0, 0.1) is 6.92 Å². The lowest BCUT2D eigenvalue weighted by Crippen LogP contribution is -2.60. The monoisotopic (exact) mass is 500 g/mol. The zero-order chi connectivity index (χ0) is 26.3. The average Bonchev–Trinajstić information content (AvgIpc) is 2.93. The van der Waals surface area contributed by atoms with Crippen molar-refractivity contribution in [2.24, 2.45) is 0 Å². The number of hydrogen-bond acceptors (Lipinski definition) is 4. The van der Waals surface area contributed by atoms with Crippen LogP contribution < -0.4 is 14.8 Å². The van der Waals surface area contributed by atoms with Crippen LogP contribution in [-0.4, -0.2) is 36.5 Å². The SMILES string of the molecule is COc1ccc(NC(=O)C2(N(Cc3ccccc3C)C(=O)Cc3ccccc3)CCCCC2)c(OC)c1. The van der Waals surface area contributed by atoms with Crippen LogP contribution >= 0.6 is 0 Å². The van der Waals surface area contributed by atoms with Gasteiger partial charge in [-0.3, -0.25) is 9.59 Å². The fourth-order valence-corrected chi connectivity index (χ4v) is 5.20. The number of nitrogens with zero attached hydrogens (tertiary/aromatic N) is 1. The standard InChI is InChI=1S/C31H36N2O4/c1-23-12-8-9-15-25(23)22-33(29(34)20-24-13-6-4-7-14-24)31(18-10-5-11-19-31)30(35)32-27-17-16-26(36-2)21-28(27)37-3/h4,6-9,12-17,21H,5,10-11,18-20,22H2,1-3H3,(H,32,35). The third-order valence-corrected chi connectivity index (χ3v) is 7.37. The fourth-order valence-electron chi connectivity index (χ4n) is 5.20. The van der Waals surface area contributed by atoms with Crippen molar-refractivity contribution in [3.05, 3.63) is 89.5 Å². The summed E-state index contributed by atoms with van der Waals surface area (Å²) in [5.41, 5.74) is 2.68. The van der Waals surface area contributed by atoms with E-state index in [-0.39, 0.29) is 18.2 Å². The minimum absolute atomic E-state index is 0.0480. The van der Waals surface area contributed by atoms with E-state index < -0.39 is 5.54 Å². The third-order valence-electron chi connectivity index (χ3n) is 7.37. The van der Waals surface area contributed by atoms with E-state index in [1.165, 1.54) is 0 Å². The van der Waals surface area contributed by atoms with Gasteiger partial charge >= 0.3 is 0 Å². The highest BCUT2D eigenvalue weighted by Crippen LogP contribution is 2.38. The number of aryl methyl sites for hydroxylation is 1. The first-order valence-corrected chi connectivity index (χ1v) is 12.9. The van der Waals surface area contributed by atoms with Gasteiger partial charge in [0.15, 0.2) is 0 Å². The van der Waals surface area contributed by atoms with Crippen LogP contribution in [0.2, 0.25) is 0 Å². The molecule has 1 aliphatic carbocycles. The molecule has 0 aromatic heterocycles. The molecule has 2 amide bonds. The van der Waals surface area contributed by atoms with Gasteiger partial charge in [-0.25, -0.2) is 0 Å². The topological polar surface area (TPSA) is 67.9 Å². The first-order valence-electron chi connectivity index (χ1n) is 12.9. The first kappa shape index (κ1) is 26.3. The van der Waals surface area contributed by atoms with Gasteiger partial charge in [0.05, 0.1) is 26.3 Å². The lowest BCUT2D eigenvalue weighted by atomic mass is 9.78. The number of carbonyl (C=O) groups excluding carboxylic acids is 2. The molecule has 0 spiro atoms. The molecule has 1 saturated carbocycles. The van der Waals surface area contributed by atoms with Gasteiger partial charge in [-0.05, 0) is 48.6 Å². The molecule has 6 nitrogen and oxygen atoms in total. The van der Waals surface area contributed by atoms with Crippen molar-refractivity contribution in [2.75, 3.05) is 19.5 Å². The number of anilines is 1. The van der Waals surface area contributed by atoms with Crippen LogP contribution in [0.5, 0.6) is 11.5 Å². The molecule has 1 aliphatic rings. The smallest absolute Gasteiger partial charge is 0.250 e. The molecule has 0 saturated heterocycles. The van der Waals surface area contributed by atoms with Gasteiger partial charge in [0.2, 0.25) is 11.8 Å². The van der Waals surface area contributed by atoms with E-state index in [1.54, 1.807) is 32.4 Å². The molecule has 37 heavy (non-hydrogen) atoms. The van der Waals surface area contributed by atoms with Gasteiger partial charge in [-0.15, -0.1) is 0 Å². The lowest BCUT2D eigenvalue weighted by Gasteiger charge is -2.45. The molecule has 3 aromatic carbocycles. The molecule has 1 N–H and O–H groups in total. The van der Waals surface area contributed by atoms with Crippen LogP contribution in [0.3, 0.4) is 0 Å². The second-order valence-electron chi connectivity index (χ2n) is 9.68. The molecule has 0 unspecified atom stereocenters. The number of ether oxygens (including phenoxy) is 2. The van der Waals surface area contributed by atoms with Crippen molar-refractivity contribution in [3.8, 4) is 11.5 Å².